The molecule has 7 rings (SSSR count). The number of hydrogen-bond acceptors (Lipinski definition) is 8. The lowest BCUT2D eigenvalue weighted by Gasteiger charge is -2.38. The molecule has 1 aromatic heterocycles. The molecule has 1 saturated carbocycles. The highest BCUT2D eigenvalue weighted by atomic mass is 35.5. The molecule has 2 atom stereocenters. The Morgan fingerprint density at radius 2 is 1.89 bits per heavy atom. The normalized spacial score (nSPS) is 18.1. The minimum atomic E-state index is -1.08. The molecule has 53 heavy (non-hydrogen) atoms. The second-order valence-corrected chi connectivity index (χ2v) is 14.8. The van der Waals surface area contributed by atoms with Crippen LogP contribution in [0.3, 0.4) is 0 Å². The van der Waals surface area contributed by atoms with Gasteiger partial charge in [-0.2, -0.15) is 0 Å². The zero-order chi connectivity index (χ0) is 37.6. The van der Waals surface area contributed by atoms with Gasteiger partial charge in [0.15, 0.2) is 5.82 Å². The maximum atomic E-state index is 15.6. The molecule has 280 valence electrons. The van der Waals surface area contributed by atoms with E-state index < -0.39 is 23.4 Å². The number of nitrogens with zero attached hydrogens (tertiary/aromatic N) is 3. The van der Waals surface area contributed by atoms with Crippen LogP contribution in [-0.2, 0) is 37.8 Å². The van der Waals surface area contributed by atoms with Gasteiger partial charge in [0.25, 0.3) is 5.91 Å². The Morgan fingerprint density at radius 1 is 1.13 bits per heavy atom. The van der Waals surface area contributed by atoms with Crippen molar-refractivity contribution < 1.29 is 33.7 Å². The van der Waals surface area contributed by atoms with Crippen molar-refractivity contribution in [3.8, 4) is 22.6 Å². The van der Waals surface area contributed by atoms with Gasteiger partial charge in [-0.3, -0.25) is 19.8 Å². The highest BCUT2D eigenvalue weighted by molar-refractivity contribution is 6.36. The number of carboxylic acid groups (broad SMARTS) is 1. The molecule has 0 radical (unpaired) electrons. The summed E-state index contributed by atoms with van der Waals surface area (Å²) in [5.74, 6) is -1.45. The SMILES string of the molecule is COc1c(Cl)c(OC2CCc3c(-c4cccc(NC(=O)c5nc6c(n5C)CCN(C(C)CO)C6)c4Cl)cccc32)cc(F)c1CNC1(C(=O)O)CCC1. The molecule has 3 aromatic carbocycles. The van der Waals surface area contributed by atoms with Gasteiger partial charge in [-0.1, -0.05) is 53.5 Å². The number of aliphatic carboxylic acids is 1. The number of carbonyl (C=O) groups is 2. The van der Waals surface area contributed by atoms with E-state index in [2.05, 4.69) is 20.5 Å². The van der Waals surface area contributed by atoms with Crippen molar-refractivity contribution >= 4 is 40.8 Å². The zero-order valence-corrected chi connectivity index (χ0v) is 31.3. The third-order valence-electron chi connectivity index (χ3n) is 11.1. The molecule has 11 nitrogen and oxygen atoms in total. The second kappa shape index (κ2) is 14.9. The lowest BCUT2D eigenvalue weighted by molar-refractivity contribution is -0.148. The molecule has 14 heteroatoms. The van der Waals surface area contributed by atoms with E-state index >= 15 is 4.39 Å². The maximum absolute atomic E-state index is 15.6. The van der Waals surface area contributed by atoms with Crippen LogP contribution in [0.5, 0.6) is 11.5 Å². The molecule has 4 aromatic rings. The zero-order valence-electron chi connectivity index (χ0n) is 29.8. The highest BCUT2D eigenvalue weighted by Gasteiger charge is 2.44. The molecule has 1 amide bonds. The topological polar surface area (TPSA) is 138 Å². The Labute approximate surface area is 317 Å². The largest absolute Gasteiger partial charge is 0.495 e. The van der Waals surface area contributed by atoms with Gasteiger partial charge in [0.05, 0.1) is 30.1 Å². The molecular weight excluding hydrogens is 724 g/mol. The quantitative estimate of drug-likeness (QED) is 0.124. The molecule has 2 unspecified atom stereocenters. The van der Waals surface area contributed by atoms with Gasteiger partial charge < -0.3 is 29.6 Å². The number of nitrogens with one attached hydrogen (secondary N) is 2. The van der Waals surface area contributed by atoms with Crippen molar-refractivity contribution in [3.63, 3.8) is 0 Å². The van der Waals surface area contributed by atoms with Crippen LogP contribution < -0.4 is 20.1 Å². The molecule has 2 heterocycles. The Hall–Kier alpha value is -4.20. The third kappa shape index (κ3) is 6.76. The van der Waals surface area contributed by atoms with E-state index in [0.29, 0.717) is 42.9 Å². The average molecular weight is 767 g/mol. The van der Waals surface area contributed by atoms with Crippen LogP contribution >= 0.6 is 23.2 Å². The molecule has 0 bridgehead atoms. The molecule has 3 aliphatic rings. The Bertz CT molecular complexity index is 2090. The van der Waals surface area contributed by atoms with Crippen LogP contribution in [0.25, 0.3) is 11.1 Å². The minimum absolute atomic E-state index is 0.00146. The number of benzene rings is 3. The van der Waals surface area contributed by atoms with Crippen LogP contribution in [0.2, 0.25) is 10.0 Å². The number of methoxy groups -OCH3 is 1. The predicted molar refractivity (Wildman–Crippen MR) is 199 cm³/mol. The highest BCUT2D eigenvalue weighted by Crippen LogP contribution is 2.46. The number of amides is 1. The summed E-state index contributed by atoms with van der Waals surface area (Å²) in [5.41, 5.74) is 4.88. The summed E-state index contributed by atoms with van der Waals surface area (Å²) >= 11 is 13.7. The smallest absolute Gasteiger partial charge is 0.323 e. The van der Waals surface area contributed by atoms with Crippen molar-refractivity contribution in [2.75, 3.05) is 25.6 Å². The summed E-state index contributed by atoms with van der Waals surface area (Å²) in [4.78, 5) is 32.2. The molecule has 0 spiro atoms. The number of ether oxygens (including phenoxy) is 2. The van der Waals surface area contributed by atoms with Gasteiger partial charge in [0.1, 0.15) is 34.0 Å². The van der Waals surface area contributed by atoms with Crippen LogP contribution in [-0.4, -0.2) is 68.4 Å². The number of aliphatic hydroxyl groups is 1. The number of aliphatic hydroxyl groups excluding tert-OH is 1. The van der Waals surface area contributed by atoms with Gasteiger partial charge in [0.2, 0.25) is 0 Å². The van der Waals surface area contributed by atoms with E-state index in [-0.39, 0.29) is 53.0 Å². The lowest BCUT2D eigenvalue weighted by Crippen LogP contribution is -2.56. The molecular formula is C39H42Cl2FN5O6. The summed E-state index contributed by atoms with van der Waals surface area (Å²) in [6.07, 6.45) is 3.26. The molecule has 1 aliphatic heterocycles. The number of fused-ring (bicyclic) bond motifs is 2. The van der Waals surface area contributed by atoms with Gasteiger partial charge in [-0.25, -0.2) is 9.37 Å². The molecule has 4 N–H and O–H groups in total. The van der Waals surface area contributed by atoms with Crippen molar-refractivity contribution in [1.82, 2.24) is 19.8 Å². The number of rotatable bonds is 12. The fraction of sp³-hybridized carbons (Fsp3) is 0.410. The first-order chi connectivity index (χ1) is 25.5. The van der Waals surface area contributed by atoms with Gasteiger partial charge in [-0.15, -0.1) is 0 Å². The Morgan fingerprint density at radius 3 is 2.58 bits per heavy atom. The van der Waals surface area contributed by atoms with Crippen molar-refractivity contribution in [2.45, 2.75) is 76.2 Å². The molecule has 0 saturated heterocycles. The monoisotopic (exact) mass is 765 g/mol. The van der Waals surface area contributed by atoms with Crippen LogP contribution in [0.15, 0.2) is 42.5 Å². The summed E-state index contributed by atoms with van der Waals surface area (Å²) in [7, 11) is 3.23. The van der Waals surface area contributed by atoms with Crippen LogP contribution in [0.1, 0.15) is 77.4 Å². The van der Waals surface area contributed by atoms with Crippen molar-refractivity contribution in [3.05, 3.63) is 92.2 Å². The van der Waals surface area contributed by atoms with E-state index in [1.165, 1.54) is 13.2 Å². The molecule has 2 aliphatic carbocycles. The standard InChI is InChI=1S/C39H42Cl2FN5O6/c1-21(20-48)47-16-13-30-29(19-47)44-36(46(30)2)37(49)45-28-10-5-9-25(33(28)40)22-7-4-8-24-23(22)11-12-31(24)53-32-17-27(42)26(35(52-3)34(32)41)18-43-39(38(50)51)14-6-15-39/h4-5,7-10,17,21,31,43,48H,6,11-16,18-20H2,1-3H3,(H,45,49)(H,50,51). The van der Waals surface area contributed by atoms with Gasteiger partial charge in [0, 0.05) is 62.0 Å². The van der Waals surface area contributed by atoms with Gasteiger partial charge >= 0.3 is 5.97 Å². The second-order valence-electron chi connectivity index (χ2n) is 14.1. The number of anilines is 1. The maximum Gasteiger partial charge on any atom is 0.323 e. The first kappa shape index (κ1) is 37.1. The van der Waals surface area contributed by atoms with E-state index in [0.717, 1.165) is 53.0 Å². The Balaban J connectivity index is 1.10. The fourth-order valence-electron chi connectivity index (χ4n) is 7.74. The van der Waals surface area contributed by atoms with Crippen molar-refractivity contribution in [1.29, 1.82) is 0 Å². The van der Waals surface area contributed by atoms with E-state index in [1.54, 1.807) is 6.07 Å². The Kier molecular flexibility index (Phi) is 10.4. The van der Waals surface area contributed by atoms with Crippen LogP contribution in [0.4, 0.5) is 10.1 Å². The van der Waals surface area contributed by atoms with E-state index in [9.17, 15) is 19.8 Å². The first-order valence-electron chi connectivity index (χ1n) is 17.8. The lowest BCUT2D eigenvalue weighted by atomic mass is 9.76. The number of carboxylic acids is 1. The number of carbonyl (C=O) groups excluding carboxylic acids is 1. The number of hydrogen-bond donors (Lipinski definition) is 4. The first-order valence-corrected chi connectivity index (χ1v) is 18.5. The number of aromatic nitrogens is 2. The predicted octanol–water partition coefficient (Wildman–Crippen LogP) is 6.70. The number of imidazole rings is 1. The summed E-state index contributed by atoms with van der Waals surface area (Å²) in [6, 6.07) is 12.6. The van der Waals surface area contributed by atoms with E-state index in [4.69, 9.17) is 32.7 Å². The number of halogens is 3. The van der Waals surface area contributed by atoms with Gasteiger partial charge in [-0.05, 0) is 61.8 Å². The van der Waals surface area contributed by atoms with E-state index in [1.807, 2.05) is 48.9 Å². The third-order valence-corrected chi connectivity index (χ3v) is 11.8. The molecule has 1 fully saturated rings. The summed E-state index contributed by atoms with van der Waals surface area (Å²) < 4.78 is 29.3. The summed E-state index contributed by atoms with van der Waals surface area (Å²) in [6.45, 7) is 3.29. The van der Waals surface area contributed by atoms with Crippen LogP contribution in [0, 0.1) is 5.82 Å². The summed E-state index contributed by atoms with van der Waals surface area (Å²) in [5, 5.41) is 25.8. The average Bonchev–Trinajstić information content (AvgIpc) is 3.70. The fourth-order valence-corrected chi connectivity index (χ4v) is 8.30. The van der Waals surface area contributed by atoms with Crippen molar-refractivity contribution in [2.24, 2.45) is 7.05 Å². The minimum Gasteiger partial charge on any atom is -0.495 e.